The molecule has 31 heavy (non-hydrogen) atoms. The van der Waals surface area contributed by atoms with E-state index in [9.17, 15) is 9.50 Å². The molecule has 7 nitrogen and oxygen atoms in total. The lowest BCUT2D eigenvalue weighted by molar-refractivity contribution is 0.339. The Balaban J connectivity index is 0.00000341. The Morgan fingerprint density at radius 3 is 2.55 bits per heavy atom. The highest BCUT2D eigenvalue weighted by molar-refractivity contribution is 14.0. The van der Waals surface area contributed by atoms with Gasteiger partial charge in [0.25, 0.3) is 0 Å². The van der Waals surface area contributed by atoms with E-state index < -0.39 is 0 Å². The average molecular weight is 544 g/mol. The van der Waals surface area contributed by atoms with Gasteiger partial charge in [-0.15, -0.1) is 24.0 Å². The number of nitrogens with zero attached hydrogens (tertiary/aromatic N) is 2. The molecule has 1 saturated heterocycles. The second kappa shape index (κ2) is 11.8. The van der Waals surface area contributed by atoms with Crippen molar-refractivity contribution in [1.29, 1.82) is 0 Å². The second-order valence-electron chi connectivity index (χ2n) is 7.18. The molecule has 1 aliphatic heterocycles. The Bertz CT molecular complexity index is 872. The van der Waals surface area contributed by atoms with Gasteiger partial charge in [-0.2, -0.15) is 0 Å². The van der Waals surface area contributed by atoms with Crippen LogP contribution in [0, 0.1) is 5.82 Å². The summed E-state index contributed by atoms with van der Waals surface area (Å²) in [4.78, 5) is 6.50. The highest BCUT2D eigenvalue weighted by Gasteiger charge is 2.21. The lowest BCUT2D eigenvalue weighted by atomic mass is 10.0. The molecule has 3 rings (SSSR count). The summed E-state index contributed by atoms with van der Waals surface area (Å²) in [7, 11) is 4.72. The third-order valence-electron chi connectivity index (χ3n) is 5.16. The minimum Gasteiger partial charge on any atom is -0.502 e. The van der Waals surface area contributed by atoms with Gasteiger partial charge in [-0.1, -0.05) is 6.07 Å². The summed E-state index contributed by atoms with van der Waals surface area (Å²) in [6, 6.07) is 10.4. The standard InChI is InChI=1S/C22H29FN4O3.HI/c1-24-22(25-13-15-10-19(29-2)21(28)20(11-15)30-3)26-17-7-5-9-27(14-17)18-8-4-6-16(23)12-18;/h4,6,8,10-12,17,28H,5,7,9,13-14H2,1-3H3,(H2,24,25,26);1H. The molecular weight excluding hydrogens is 514 g/mol. The van der Waals surface area contributed by atoms with Crippen molar-refractivity contribution in [3.8, 4) is 17.2 Å². The normalized spacial score (nSPS) is 16.3. The van der Waals surface area contributed by atoms with E-state index in [0.29, 0.717) is 24.0 Å². The number of aliphatic imine (C=N–C) groups is 1. The van der Waals surface area contributed by atoms with E-state index in [2.05, 4.69) is 20.5 Å². The van der Waals surface area contributed by atoms with Crippen molar-refractivity contribution in [1.82, 2.24) is 10.6 Å². The quantitative estimate of drug-likeness (QED) is 0.294. The molecule has 0 saturated carbocycles. The Morgan fingerprint density at radius 2 is 1.94 bits per heavy atom. The third-order valence-corrected chi connectivity index (χ3v) is 5.16. The van der Waals surface area contributed by atoms with Crippen LogP contribution in [0.3, 0.4) is 0 Å². The molecule has 0 aliphatic carbocycles. The van der Waals surface area contributed by atoms with E-state index in [0.717, 1.165) is 37.2 Å². The van der Waals surface area contributed by atoms with Gasteiger partial charge in [0.1, 0.15) is 5.82 Å². The largest absolute Gasteiger partial charge is 0.502 e. The van der Waals surface area contributed by atoms with E-state index in [1.165, 1.54) is 20.3 Å². The molecule has 2 aromatic rings. The number of rotatable bonds is 6. The second-order valence-corrected chi connectivity index (χ2v) is 7.18. The first-order valence-electron chi connectivity index (χ1n) is 9.95. The van der Waals surface area contributed by atoms with E-state index >= 15 is 0 Å². The summed E-state index contributed by atoms with van der Waals surface area (Å²) >= 11 is 0. The van der Waals surface area contributed by atoms with Gasteiger partial charge in [0.05, 0.1) is 14.2 Å². The average Bonchev–Trinajstić information content (AvgIpc) is 2.77. The van der Waals surface area contributed by atoms with Crippen molar-refractivity contribution in [3.05, 3.63) is 47.8 Å². The van der Waals surface area contributed by atoms with Gasteiger partial charge in [0.2, 0.25) is 5.75 Å². The number of hydrogen-bond acceptors (Lipinski definition) is 5. The van der Waals surface area contributed by atoms with Crippen LogP contribution in [0.15, 0.2) is 41.4 Å². The van der Waals surface area contributed by atoms with Crippen LogP contribution < -0.4 is 25.0 Å². The van der Waals surface area contributed by atoms with Gasteiger partial charge in [-0.3, -0.25) is 4.99 Å². The lowest BCUT2D eigenvalue weighted by Gasteiger charge is -2.35. The molecule has 0 spiro atoms. The fourth-order valence-electron chi connectivity index (χ4n) is 3.63. The zero-order valence-corrected chi connectivity index (χ0v) is 20.4. The van der Waals surface area contributed by atoms with Gasteiger partial charge < -0.3 is 30.1 Å². The fourth-order valence-corrected chi connectivity index (χ4v) is 3.63. The van der Waals surface area contributed by atoms with Crippen LogP contribution >= 0.6 is 24.0 Å². The molecule has 9 heteroatoms. The zero-order valence-electron chi connectivity index (χ0n) is 18.0. The van der Waals surface area contributed by atoms with Crippen molar-refractivity contribution in [2.24, 2.45) is 4.99 Å². The van der Waals surface area contributed by atoms with Crippen LogP contribution in [0.25, 0.3) is 0 Å². The van der Waals surface area contributed by atoms with Crippen molar-refractivity contribution >= 4 is 35.6 Å². The van der Waals surface area contributed by atoms with E-state index in [4.69, 9.17) is 9.47 Å². The summed E-state index contributed by atoms with van der Waals surface area (Å²) < 4.78 is 24.0. The molecule has 0 radical (unpaired) electrons. The number of aromatic hydroxyl groups is 1. The SMILES string of the molecule is CN=C(NCc1cc(OC)c(O)c(OC)c1)NC1CCCN(c2cccc(F)c2)C1.I. The van der Waals surface area contributed by atoms with Crippen LogP contribution in [0.4, 0.5) is 10.1 Å². The predicted molar refractivity (Wildman–Crippen MR) is 132 cm³/mol. The third kappa shape index (κ3) is 6.52. The number of anilines is 1. The number of guanidine groups is 1. The van der Waals surface area contributed by atoms with Gasteiger partial charge >= 0.3 is 0 Å². The lowest BCUT2D eigenvalue weighted by Crippen LogP contribution is -2.51. The van der Waals surface area contributed by atoms with Gasteiger partial charge in [0, 0.05) is 38.4 Å². The predicted octanol–water partition coefficient (Wildman–Crippen LogP) is 3.50. The van der Waals surface area contributed by atoms with E-state index in [-0.39, 0.29) is 41.6 Å². The van der Waals surface area contributed by atoms with E-state index in [1.807, 2.05) is 6.07 Å². The van der Waals surface area contributed by atoms with Crippen molar-refractivity contribution < 1.29 is 19.0 Å². The molecule has 170 valence electrons. The van der Waals surface area contributed by atoms with Gasteiger partial charge in [-0.25, -0.2) is 4.39 Å². The summed E-state index contributed by atoms with van der Waals surface area (Å²) in [6.07, 6.45) is 2.02. The Kier molecular flexibility index (Phi) is 9.47. The highest BCUT2D eigenvalue weighted by Crippen LogP contribution is 2.37. The molecule has 1 unspecified atom stereocenters. The monoisotopic (exact) mass is 544 g/mol. The fraction of sp³-hybridized carbons (Fsp3) is 0.409. The van der Waals surface area contributed by atoms with E-state index in [1.54, 1.807) is 31.3 Å². The Labute approximate surface area is 199 Å². The summed E-state index contributed by atoms with van der Waals surface area (Å²) in [6.45, 7) is 2.15. The first-order valence-corrected chi connectivity index (χ1v) is 9.95. The van der Waals surface area contributed by atoms with Crippen molar-refractivity contribution in [2.75, 3.05) is 39.3 Å². The number of benzene rings is 2. The molecule has 0 aromatic heterocycles. The highest BCUT2D eigenvalue weighted by atomic mass is 127. The number of ether oxygens (including phenoxy) is 2. The van der Waals surface area contributed by atoms with Crippen molar-refractivity contribution in [2.45, 2.75) is 25.4 Å². The number of methoxy groups -OCH3 is 2. The van der Waals surface area contributed by atoms with Gasteiger partial charge in [0.15, 0.2) is 17.5 Å². The minimum atomic E-state index is -0.222. The van der Waals surface area contributed by atoms with Crippen molar-refractivity contribution in [3.63, 3.8) is 0 Å². The number of nitrogens with one attached hydrogen (secondary N) is 2. The number of halogens is 2. The summed E-state index contributed by atoms with van der Waals surface area (Å²) in [5.41, 5.74) is 1.78. The van der Waals surface area contributed by atoms with Crippen LogP contribution in [-0.2, 0) is 6.54 Å². The first kappa shape index (κ1) is 24.8. The summed E-state index contributed by atoms with van der Waals surface area (Å²) in [5, 5.41) is 16.8. The molecular formula is C22H30FIN4O3. The smallest absolute Gasteiger partial charge is 0.200 e. The number of phenols is 1. The molecule has 1 heterocycles. The van der Waals surface area contributed by atoms with Crippen LogP contribution in [0.1, 0.15) is 18.4 Å². The number of phenolic OH excluding ortho intramolecular Hbond substituents is 1. The first-order chi connectivity index (χ1) is 14.5. The zero-order chi connectivity index (χ0) is 21.5. The summed E-state index contributed by atoms with van der Waals surface area (Å²) in [5.74, 6) is 1.14. The number of hydrogen-bond donors (Lipinski definition) is 3. The number of piperidine rings is 1. The van der Waals surface area contributed by atoms with Crippen LogP contribution in [-0.4, -0.2) is 51.5 Å². The maximum atomic E-state index is 13.6. The van der Waals surface area contributed by atoms with Crippen LogP contribution in [0.2, 0.25) is 0 Å². The molecule has 3 N–H and O–H groups in total. The molecule has 1 fully saturated rings. The topological polar surface area (TPSA) is 78.4 Å². The Hall–Kier alpha value is -2.43. The van der Waals surface area contributed by atoms with Crippen LogP contribution in [0.5, 0.6) is 17.2 Å². The molecule has 1 atom stereocenters. The molecule has 2 aromatic carbocycles. The van der Waals surface area contributed by atoms with Gasteiger partial charge in [-0.05, 0) is 48.7 Å². The maximum Gasteiger partial charge on any atom is 0.200 e. The molecule has 0 amide bonds. The molecule has 1 aliphatic rings. The molecule has 0 bridgehead atoms. The Morgan fingerprint density at radius 1 is 1.23 bits per heavy atom. The minimum absolute atomic E-state index is 0. The maximum absolute atomic E-state index is 13.6.